The molecule has 5 aliphatic heterocycles. The summed E-state index contributed by atoms with van der Waals surface area (Å²) in [5, 5.41) is 26.1. The van der Waals surface area contributed by atoms with E-state index < -0.39 is 6.10 Å². The first-order valence-electron chi connectivity index (χ1n) is 20.4. The number of nitrogens with zero attached hydrogens (tertiary/aromatic N) is 3. The van der Waals surface area contributed by atoms with Crippen molar-refractivity contribution in [3.8, 4) is 0 Å². The van der Waals surface area contributed by atoms with Crippen LogP contribution in [0, 0.1) is 11.8 Å². The van der Waals surface area contributed by atoms with Gasteiger partial charge in [-0.05, 0) is 141 Å². The zero-order chi connectivity index (χ0) is 40.4. The maximum Gasteiger partial charge on any atom is 0.306 e. The first-order valence-corrected chi connectivity index (χ1v) is 20.4. The summed E-state index contributed by atoms with van der Waals surface area (Å²) < 4.78 is 5.73. The Balaban J connectivity index is 1.26. The first-order chi connectivity index (χ1) is 26.7. The monoisotopic (exact) mass is 756 g/mol. The van der Waals surface area contributed by atoms with E-state index in [1.807, 2.05) is 32.1 Å². The maximum atomic E-state index is 13.2. The van der Waals surface area contributed by atoms with Gasteiger partial charge in [-0.25, -0.2) is 15.0 Å². The second-order valence-electron chi connectivity index (χ2n) is 16.4. The molecule has 296 valence electrons. The number of nitrogens with one attached hydrogen (secondary N) is 1. The third kappa shape index (κ3) is 8.46. The van der Waals surface area contributed by atoms with Gasteiger partial charge in [0.1, 0.15) is 12.4 Å². The molecule has 8 nitrogen and oxygen atoms in total. The maximum absolute atomic E-state index is 13.2. The fourth-order valence-corrected chi connectivity index (χ4v) is 8.61. The van der Waals surface area contributed by atoms with Crippen LogP contribution in [0.5, 0.6) is 0 Å². The number of ether oxygens (including phenoxy) is 1. The molecule has 0 aromatic rings. The van der Waals surface area contributed by atoms with Gasteiger partial charge in [0.25, 0.3) is 0 Å². The smallest absolute Gasteiger partial charge is 0.306 e. The Labute approximate surface area is 333 Å². The van der Waals surface area contributed by atoms with Crippen LogP contribution < -0.4 is 5.32 Å². The molecule has 56 heavy (non-hydrogen) atoms. The molecular formula is C48H60N4O4. The molecule has 1 aliphatic carbocycles. The van der Waals surface area contributed by atoms with Crippen LogP contribution in [0.4, 0.5) is 0 Å². The van der Waals surface area contributed by atoms with E-state index >= 15 is 0 Å². The summed E-state index contributed by atoms with van der Waals surface area (Å²) in [5.41, 5.74) is 17.3. The molecule has 1 saturated heterocycles. The Kier molecular flexibility index (Phi) is 12.5. The normalized spacial score (nSPS) is 22.7. The lowest BCUT2D eigenvalue weighted by atomic mass is 9.86. The van der Waals surface area contributed by atoms with Gasteiger partial charge in [0.2, 0.25) is 0 Å². The number of aliphatic hydroxyl groups is 2. The fourth-order valence-electron chi connectivity index (χ4n) is 8.61. The average Bonchev–Trinajstić information content (AvgIpc) is 3.89. The predicted octanol–water partition coefficient (Wildman–Crippen LogP) is 10.8. The van der Waals surface area contributed by atoms with Crippen LogP contribution >= 0.6 is 0 Å². The fraction of sp³-hybridized carbons (Fsp3) is 0.458. The van der Waals surface area contributed by atoms with Gasteiger partial charge >= 0.3 is 5.97 Å². The van der Waals surface area contributed by atoms with Gasteiger partial charge in [0, 0.05) is 52.8 Å². The van der Waals surface area contributed by atoms with Crippen molar-refractivity contribution in [3.05, 3.63) is 126 Å². The molecule has 3 atom stereocenters. The number of allylic oxidation sites excluding steroid dienone is 16. The van der Waals surface area contributed by atoms with E-state index in [4.69, 9.17) is 19.7 Å². The third-order valence-electron chi connectivity index (χ3n) is 12.0. The van der Waals surface area contributed by atoms with Crippen molar-refractivity contribution in [1.82, 2.24) is 5.32 Å². The summed E-state index contributed by atoms with van der Waals surface area (Å²) in [6.45, 7) is 21.0. The molecule has 0 radical (unpaired) electrons. The second-order valence-corrected chi connectivity index (χ2v) is 16.4. The minimum absolute atomic E-state index is 0.0155. The summed E-state index contributed by atoms with van der Waals surface area (Å²) in [4.78, 5) is 28.5. The van der Waals surface area contributed by atoms with E-state index in [-0.39, 0.29) is 30.8 Å². The van der Waals surface area contributed by atoms with E-state index in [1.54, 1.807) is 6.92 Å². The highest BCUT2D eigenvalue weighted by Gasteiger charge is 2.41. The average molecular weight is 757 g/mol. The number of rotatable bonds is 13. The lowest BCUT2D eigenvalue weighted by Crippen LogP contribution is -2.16. The van der Waals surface area contributed by atoms with E-state index in [0.717, 1.165) is 111 Å². The van der Waals surface area contributed by atoms with Gasteiger partial charge in [-0.15, -0.1) is 0 Å². The number of aliphatic imine (C=N–C) groups is 3. The predicted molar refractivity (Wildman–Crippen MR) is 229 cm³/mol. The molecule has 5 heterocycles. The molecule has 8 bridgehead atoms. The minimum Gasteiger partial charge on any atom is -0.511 e. The van der Waals surface area contributed by atoms with Crippen LogP contribution in [0.15, 0.2) is 141 Å². The molecule has 0 aromatic heterocycles. The van der Waals surface area contributed by atoms with Crippen molar-refractivity contribution in [3.63, 3.8) is 0 Å². The molecule has 3 N–H and O–H groups in total. The Morgan fingerprint density at radius 3 is 2.29 bits per heavy atom. The van der Waals surface area contributed by atoms with E-state index in [2.05, 4.69) is 72.0 Å². The Hall–Kier alpha value is -4.82. The number of fused-ring (bicyclic) bond motifs is 5. The van der Waals surface area contributed by atoms with Crippen LogP contribution in [-0.2, 0) is 9.53 Å². The summed E-state index contributed by atoms with van der Waals surface area (Å²) in [7, 11) is 0. The first kappa shape index (κ1) is 40.8. The van der Waals surface area contributed by atoms with E-state index in [1.165, 1.54) is 16.7 Å². The molecule has 1 fully saturated rings. The van der Waals surface area contributed by atoms with Gasteiger partial charge in [0.15, 0.2) is 0 Å². The van der Waals surface area contributed by atoms with Gasteiger partial charge < -0.3 is 20.3 Å². The van der Waals surface area contributed by atoms with Crippen molar-refractivity contribution >= 4 is 23.1 Å². The van der Waals surface area contributed by atoms with Crippen LogP contribution in [0.1, 0.15) is 121 Å². The Morgan fingerprint density at radius 1 is 0.911 bits per heavy atom. The van der Waals surface area contributed by atoms with Crippen molar-refractivity contribution in [1.29, 1.82) is 0 Å². The Bertz CT molecular complexity index is 2160. The standard InChI is InChI=1S/C48H60N4O4/c1-11-34-29(6)37-25-42-45(33(10)53)31(8)39(50-42)23-38-30(7)35(18-19-44(55)56-21-20-28(5)17-13-16-27(4)15-12-14-26(2)3)47(51-38)36-22-43(54)46-32(9)40(52-48(36)46)24-41(34)49-37/h14,16,20,23-25,30,33,35,51,53-54H,11-13,15,17-19,21-22H2,1-10H3/b27-16+,28-20+,38-23?,41-24?,42-25?,47-36?/t30-,33-,35-/m0/s1. The van der Waals surface area contributed by atoms with Gasteiger partial charge in [-0.1, -0.05) is 42.7 Å². The number of esters is 1. The van der Waals surface area contributed by atoms with Crippen LogP contribution in [0.25, 0.3) is 0 Å². The van der Waals surface area contributed by atoms with Crippen LogP contribution in [-0.4, -0.2) is 46.0 Å². The zero-order valence-electron chi connectivity index (χ0n) is 35.1. The molecule has 8 heteroatoms. The zero-order valence-corrected chi connectivity index (χ0v) is 35.1. The van der Waals surface area contributed by atoms with Crippen molar-refractivity contribution in [2.45, 2.75) is 127 Å². The van der Waals surface area contributed by atoms with Crippen molar-refractivity contribution in [2.75, 3.05) is 6.61 Å². The summed E-state index contributed by atoms with van der Waals surface area (Å²) in [5.74, 6) is 0.0565. The van der Waals surface area contributed by atoms with Crippen molar-refractivity contribution < 1.29 is 19.7 Å². The Morgan fingerprint density at radius 2 is 1.59 bits per heavy atom. The molecule has 6 aliphatic rings. The molecule has 0 spiro atoms. The topological polar surface area (TPSA) is 116 Å². The van der Waals surface area contributed by atoms with Gasteiger partial charge in [0.05, 0.1) is 40.3 Å². The lowest BCUT2D eigenvalue weighted by Gasteiger charge is -2.17. The lowest BCUT2D eigenvalue weighted by molar-refractivity contribution is -0.142. The second kappa shape index (κ2) is 17.1. The summed E-state index contributed by atoms with van der Waals surface area (Å²) in [6.07, 6.45) is 18.1. The molecule has 0 amide bonds. The highest BCUT2D eigenvalue weighted by molar-refractivity contribution is 6.21. The quantitative estimate of drug-likeness (QED) is 0.128. The highest BCUT2D eigenvalue weighted by atomic mass is 16.5. The summed E-state index contributed by atoms with van der Waals surface area (Å²) in [6, 6.07) is 0. The van der Waals surface area contributed by atoms with Gasteiger partial charge in [-0.3, -0.25) is 4.79 Å². The molecule has 6 rings (SSSR count). The largest absolute Gasteiger partial charge is 0.511 e. The van der Waals surface area contributed by atoms with E-state index in [0.29, 0.717) is 24.3 Å². The third-order valence-corrected chi connectivity index (χ3v) is 12.0. The van der Waals surface area contributed by atoms with E-state index in [9.17, 15) is 15.0 Å². The summed E-state index contributed by atoms with van der Waals surface area (Å²) >= 11 is 0. The minimum atomic E-state index is -0.715. The number of carbonyl (C=O) groups is 1. The van der Waals surface area contributed by atoms with Crippen LogP contribution in [0.3, 0.4) is 0 Å². The molecule has 0 aromatic carbocycles. The molecule has 0 saturated carbocycles. The molecule has 0 unspecified atom stereocenters. The molecular weight excluding hydrogens is 697 g/mol. The number of carbonyl (C=O) groups excluding carboxylic acids is 1. The number of hydrogen-bond donors (Lipinski definition) is 3. The SMILES string of the molecule is CCC1=C(C)C2=NC1=CC1=C(C)C3=C(O)CC(=C4NC(=CC5=NC(=C2)C([C@H](C)O)=C5C)[C@@H](C)[C@@H]4CCC(=O)OC/C=C(\C)CC/C=C(\C)CCC=C(C)C)C3=N1. The van der Waals surface area contributed by atoms with Gasteiger partial charge in [-0.2, -0.15) is 0 Å². The highest BCUT2D eigenvalue weighted by Crippen LogP contribution is 2.46. The number of aliphatic hydroxyl groups excluding tert-OH is 2. The number of hydrogen-bond acceptors (Lipinski definition) is 8. The van der Waals surface area contributed by atoms with Crippen molar-refractivity contribution in [2.24, 2.45) is 26.8 Å². The van der Waals surface area contributed by atoms with Crippen LogP contribution in [0.2, 0.25) is 0 Å².